The summed E-state index contributed by atoms with van der Waals surface area (Å²) in [4.78, 5) is 2.54. The monoisotopic (exact) mass is 316 g/mol. The van der Waals surface area contributed by atoms with E-state index in [9.17, 15) is 4.39 Å². The van der Waals surface area contributed by atoms with Gasteiger partial charge in [-0.25, -0.2) is 4.39 Å². The molecule has 1 heterocycles. The van der Waals surface area contributed by atoms with E-state index in [0.717, 1.165) is 25.6 Å². The lowest BCUT2D eigenvalue weighted by atomic mass is 10.1. The fourth-order valence-corrected chi connectivity index (χ4v) is 3.77. The highest BCUT2D eigenvalue weighted by atomic mass is 35.5. The largest absolute Gasteiger partial charge is 0.306 e. The van der Waals surface area contributed by atoms with Gasteiger partial charge in [-0.2, -0.15) is 0 Å². The van der Waals surface area contributed by atoms with Crippen LogP contribution in [0.5, 0.6) is 0 Å². The number of hydrogen-bond donors (Lipinski definition) is 1. The van der Waals surface area contributed by atoms with Gasteiger partial charge in [0.05, 0.1) is 5.02 Å². The molecule has 2 unspecified atom stereocenters. The maximum atomic E-state index is 13.6. The smallest absolute Gasteiger partial charge is 0.142 e. The Kier molecular flexibility index (Phi) is 4.23. The van der Waals surface area contributed by atoms with E-state index in [0.29, 0.717) is 16.6 Å². The molecule has 2 fully saturated rings. The Balaban J connectivity index is 1.67. The number of likely N-dealkylation sites (tertiary alicyclic amines) is 1. The van der Waals surface area contributed by atoms with Crippen LogP contribution in [0, 0.1) is 5.82 Å². The summed E-state index contributed by atoms with van der Waals surface area (Å²) in [6.07, 6.45) is 3.80. The topological polar surface area (TPSA) is 15.3 Å². The molecule has 2 aliphatic rings. The van der Waals surface area contributed by atoms with Crippen molar-refractivity contribution in [2.45, 2.75) is 44.3 Å². The number of benzene rings is 1. The minimum Gasteiger partial charge on any atom is -0.306 e. The Labute approximate surface area is 129 Å². The number of nitrogens with one attached hydrogen (secondary N) is 1. The van der Waals surface area contributed by atoms with Gasteiger partial charge < -0.3 is 5.32 Å². The summed E-state index contributed by atoms with van der Waals surface area (Å²) in [5.41, 5.74) is 0.665. The zero-order chi connectivity index (χ0) is 14.3. The van der Waals surface area contributed by atoms with Crippen LogP contribution in [-0.2, 0) is 0 Å². The molecule has 1 saturated carbocycles. The molecule has 1 aromatic carbocycles. The Hall–Kier alpha value is -0.350. The van der Waals surface area contributed by atoms with Crippen LogP contribution in [0.1, 0.15) is 37.8 Å². The molecule has 1 saturated heterocycles. The van der Waals surface area contributed by atoms with E-state index >= 15 is 0 Å². The minimum atomic E-state index is -0.411. The van der Waals surface area contributed by atoms with Gasteiger partial charge in [0.15, 0.2) is 0 Å². The van der Waals surface area contributed by atoms with Crippen LogP contribution in [-0.4, -0.2) is 30.1 Å². The average Bonchev–Trinajstić information content (AvgIpc) is 3.16. The van der Waals surface area contributed by atoms with Gasteiger partial charge in [-0.1, -0.05) is 23.2 Å². The van der Waals surface area contributed by atoms with Crippen LogP contribution < -0.4 is 5.32 Å². The summed E-state index contributed by atoms with van der Waals surface area (Å²) in [5.74, 6) is -0.411. The fraction of sp³-hybridized carbons (Fsp3) is 0.600. The summed E-state index contributed by atoms with van der Waals surface area (Å²) in [6, 6.07) is 4.07. The molecule has 3 rings (SSSR count). The van der Waals surface area contributed by atoms with Crippen LogP contribution in [0.2, 0.25) is 10.0 Å². The van der Waals surface area contributed by atoms with Gasteiger partial charge in [-0.3, -0.25) is 4.90 Å². The molecule has 1 N–H and O–H groups in total. The molecule has 1 aliphatic heterocycles. The summed E-state index contributed by atoms with van der Waals surface area (Å²) >= 11 is 12.2. The third-order valence-corrected chi connectivity index (χ3v) is 4.99. The minimum absolute atomic E-state index is 0.0464. The predicted octanol–water partition coefficient (Wildman–Crippen LogP) is 4.02. The van der Waals surface area contributed by atoms with Gasteiger partial charge in [0.25, 0.3) is 0 Å². The predicted molar refractivity (Wildman–Crippen MR) is 81.0 cm³/mol. The first kappa shape index (κ1) is 14.6. The van der Waals surface area contributed by atoms with Crippen molar-refractivity contribution >= 4 is 23.2 Å². The Bertz CT molecular complexity index is 505. The molecule has 0 spiro atoms. The van der Waals surface area contributed by atoms with Crippen molar-refractivity contribution in [1.82, 2.24) is 10.2 Å². The maximum Gasteiger partial charge on any atom is 0.142 e. The second-order valence-electron chi connectivity index (χ2n) is 5.86. The molecule has 1 aliphatic carbocycles. The SMILES string of the molecule is CC(NC1CCN(C2CC2)C1)c1c(Cl)ccc(F)c1Cl. The second-order valence-corrected chi connectivity index (χ2v) is 6.64. The van der Waals surface area contributed by atoms with Crippen LogP contribution in [0.15, 0.2) is 12.1 Å². The van der Waals surface area contributed by atoms with E-state index in [1.807, 2.05) is 6.92 Å². The number of halogens is 3. The van der Waals surface area contributed by atoms with Crippen molar-refractivity contribution in [3.8, 4) is 0 Å². The lowest BCUT2D eigenvalue weighted by Gasteiger charge is -2.22. The second kappa shape index (κ2) is 5.80. The lowest BCUT2D eigenvalue weighted by molar-refractivity contribution is 0.313. The molecule has 110 valence electrons. The summed E-state index contributed by atoms with van der Waals surface area (Å²) in [5, 5.41) is 4.19. The van der Waals surface area contributed by atoms with Crippen molar-refractivity contribution in [2.75, 3.05) is 13.1 Å². The van der Waals surface area contributed by atoms with Crippen LogP contribution in [0.3, 0.4) is 0 Å². The summed E-state index contributed by atoms with van der Waals surface area (Å²) < 4.78 is 13.6. The van der Waals surface area contributed by atoms with Crippen molar-refractivity contribution < 1.29 is 4.39 Å². The Morgan fingerprint density at radius 1 is 1.30 bits per heavy atom. The van der Waals surface area contributed by atoms with E-state index in [2.05, 4.69) is 10.2 Å². The van der Waals surface area contributed by atoms with Crippen LogP contribution in [0.4, 0.5) is 4.39 Å². The lowest BCUT2D eigenvalue weighted by Crippen LogP contribution is -2.35. The first-order valence-corrected chi connectivity index (χ1v) is 7.95. The molecule has 5 heteroatoms. The quantitative estimate of drug-likeness (QED) is 0.844. The normalized spacial score (nSPS) is 25.1. The molecule has 0 amide bonds. The van der Waals surface area contributed by atoms with E-state index in [1.165, 1.54) is 18.9 Å². The zero-order valence-electron chi connectivity index (χ0n) is 11.5. The van der Waals surface area contributed by atoms with Crippen molar-refractivity contribution in [1.29, 1.82) is 0 Å². The van der Waals surface area contributed by atoms with Gasteiger partial charge in [-0.05, 0) is 38.3 Å². The molecule has 2 atom stereocenters. The van der Waals surface area contributed by atoms with Gasteiger partial charge in [0.2, 0.25) is 0 Å². The third-order valence-electron chi connectivity index (χ3n) is 4.28. The van der Waals surface area contributed by atoms with Crippen LogP contribution >= 0.6 is 23.2 Å². The molecular formula is C15H19Cl2FN2. The molecule has 20 heavy (non-hydrogen) atoms. The highest BCUT2D eigenvalue weighted by Gasteiger charge is 2.34. The molecule has 0 radical (unpaired) electrons. The standard InChI is InChI=1S/C15H19Cl2FN2/c1-9(14-12(16)4-5-13(18)15(14)17)19-10-6-7-20(8-10)11-2-3-11/h4-5,9-11,19H,2-3,6-8H2,1H3. The first-order valence-electron chi connectivity index (χ1n) is 7.19. The molecule has 0 bridgehead atoms. The van der Waals surface area contributed by atoms with Gasteiger partial charge in [-0.15, -0.1) is 0 Å². The molecule has 1 aromatic rings. The first-order chi connectivity index (χ1) is 9.56. The van der Waals surface area contributed by atoms with Crippen LogP contribution in [0.25, 0.3) is 0 Å². The summed E-state index contributed by atoms with van der Waals surface area (Å²) in [6.45, 7) is 4.21. The summed E-state index contributed by atoms with van der Waals surface area (Å²) in [7, 11) is 0. The molecular weight excluding hydrogens is 298 g/mol. The van der Waals surface area contributed by atoms with Crippen molar-refractivity contribution in [2.24, 2.45) is 0 Å². The van der Waals surface area contributed by atoms with E-state index in [-0.39, 0.29) is 11.1 Å². The molecule has 0 aromatic heterocycles. The van der Waals surface area contributed by atoms with Gasteiger partial charge >= 0.3 is 0 Å². The highest BCUT2D eigenvalue weighted by Crippen LogP contribution is 2.34. The number of hydrogen-bond acceptors (Lipinski definition) is 2. The van der Waals surface area contributed by atoms with Crippen molar-refractivity contribution in [3.05, 3.63) is 33.6 Å². The van der Waals surface area contributed by atoms with Gasteiger partial charge in [0.1, 0.15) is 5.82 Å². The highest BCUT2D eigenvalue weighted by molar-refractivity contribution is 6.36. The van der Waals surface area contributed by atoms with E-state index in [4.69, 9.17) is 23.2 Å². The maximum absolute atomic E-state index is 13.6. The van der Waals surface area contributed by atoms with E-state index < -0.39 is 5.82 Å². The Morgan fingerprint density at radius 2 is 2.05 bits per heavy atom. The number of rotatable bonds is 4. The Morgan fingerprint density at radius 3 is 2.75 bits per heavy atom. The average molecular weight is 317 g/mol. The zero-order valence-corrected chi connectivity index (χ0v) is 13.0. The third kappa shape index (κ3) is 2.96. The van der Waals surface area contributed by atoms with Crippen molar-refractivity contribution in [3.63, 3.8) is 0 Å². The van der Waals surface area contributed by atoms with Gasteiger partial charge in [0, 0.05) is 41.8 Å². The number of nitrogens with zero attached hydrogens (tertiary/aromatic N) is 1. The molecule has 2 nitrogen and oxygen atoms in total. The fourth-order valence-electron chi connectivity index (χ4n) is 3.07. The van der Waals surface area contributed by atoms with E-state index in [1.54, 1.807) is 6.07 Å².